The van der Waals surface area contributed by atoms with Crippen LogP contribution < -0.4 is 21.3 Å². The lowest BCUT2D eigenvalue weighted by molar-refractivity contribution is -0.192. The maximum Gasteiger partial charge on any atom is 0.490 e. The van der Waals surface area contributed by atoms with Gasteiger partial charge in [-0.05, 0) is 24.0 Å². The number of nitrogens with one attached hydrogen (secondary N) is 4. The van der Waals surface area contributed by atoms with E-state index in [2.05, 4.69) is 26.3 Å². The fourth-order valence-electron chi connectivity index (χ4n) is 3.39. The predicted molar refractivity (Wildman–Crippen MR) is 154 cm³/mol. The van der Waals surface area contributed by atoms with Gasteiger partial charge < -0.3 is 26.2 Å². The normalized spacial score (nSPS) is 11.2. The Kier molecular flexibility index (Phi) is 14.3. The smallest absolute Gasteiger partial charge is 0.481 e. The van der Waals surface area contributed by atoms with Crippen molar-refractivity contribution < 1.29 is 47.4 Å². The lowest BCUT2D eigenvalue weighted by atomic mass is 10.1. The van der Waals surface area contributed by atoms with Gasteiger partial charge in [-0.15, -0.1) is 11.3 Å². The molecule has 0 radical (unpaired) electrons. The van der Waals surface area contributed by atoms with Crippen LogP contribution in [-0.4, -0.2) is 57.2 Å². The van der Waals surface area contributed by atoms with E-state index in [1.54, 1.807) is 5.38 Å². The summed E-state index contributed by atoms with van der Waals surface area (Å²) >= 11 is 1.28. The summed E-state index contributed by atoms with van der Waals surface area (Å²) in [5, 5.41) is 29.1. The first-order valence-corrected chi connectivity index (χ1v) is 13.9. The topological polar surface area (TPSA) is 187 Å². The molecule has 0 aliphatic carbocycles. The summed E-state index contributed by atoms with van der Waals surface area (Å²) in [6, 6.07) is 17.2. The van der Waals surface area contributed by atoms with Crippen LogP contribution >= 0.6 is 11.3 Å². The Hall–Kier alpha value is -4.99. The van der Waals surface area contributed by atoms with Gasteiger partial charge in [0.15, 0.2) is 5.13 Å². The summed E-state index contributed by atoms with van der Waals surface area (Å²) in [6.07, 6.45) is -4.57. The largest absolute Gasteiger partial charge is 0.490 e. The number of benzene rings is 2. The van der Waals surface area contributed by atoms with E-state index in [4.69, 9.17) is 15.0 Å². The number of anilines is 1. The number of carbonyl (C=O) groups excluding carboxylic acids is 3. The van der Waals surface area contributed by atoms with Crippen LogP contribution in [0.3, 0.4) is 0 Å². The maximum atomic E-state index is 12.5. The number of thiazole rings is 1. The standard InChI is InChI=1S/C26H29N5O5S.C2HF3O2/c32-22(30-21(14-23(33)34)24(35)27-15-18-8-3-1-4-9-18)13-7-12-20-17-37-26(29-20)31-25(36)28-16-19-10-5-2-6-11-19;3-2(4,5)1(6)7/h1-6,8-11,17,21H,7,12-16H2,(H,27,35)(H,30,32)(H,33,34)(H2,28,29,31,36);(H,6,7)/t21-;/m0./s1. The Labute approximate surface area is 253 Å². The van der Waals surface area contributed by atoms with Gasteiger partial charge in [-0.2, -0.15) is 13.2 Å². The van der Waals surface area contributed by atoms with Gasteiger partial charge in [-0.1, -0.05) is 60.7 Å². The van der Waals surface area contributed by atoms with Crippen molar-refractivity contribution in [3.63, 3.8) is 0 Å². The highest BCUT2D eigenvalue weighted by atomic mass is 32.1. The molecule has 236 valence electrons. The minimum Gasteiger partial charge on any atom is -0.481 e. The Bertz CT molecular complexity index is 1390. The molecule has 0 aliphatic heterocycles. The maximum absolute atomic E-state index is 12.5. The van der Waals surface area contributed by atoms with Gasteiger partial charge in [0, 0.05) is 24.9 Å². The highest BCUT2D eigenvalue weighted by Gasteiger charge is 2.38. The zero-order valence-electron chi connectivity index (χ0n) is 23.1. The molecule has 3 rings (SSSR count). The van der Waals surface area contributed by atoms with E-state index in [0.717, 1.165) is 16.8 Å². The van der Waals surface area contributed by atoms with Gasteiger partial charge in [-0.25, -0.2) is 14.6 Å². The summed E-state index contributed by atoms with van der Waals surface area (Å²) in [4.78, 5) is 61.4. The molecule has 0 spiro atoms. The first kappa shape index (κ1) is 35.2. The summed E-state index contributed by atoms with van der Waals surface area (Å²) in [7, 11) is 0. The summed E-state index contributed by atoms with van der Waals surface area (Å²) in [5.74, 6) is -4.92. The van der Waals surface area contributed by atoms with Gasteiger partial charge in [0.1, 0.15) is 6.04 Å². The molecular formula is C28H30F3N5O7S. The molecule has 0 saturated carbocycles. The van der Waals surface area contributed by atoms with Gasteiger partial charge in [-0.3, -0.25) is 19.7 Å². The molecule has 12 nitrogen and oxygen atoms in total. The van der Waals surface area contributed by atoms with Crippen LogP contribution in [0.4, 0.5) is 23.1 Å². The molecule has 0 saturated heterocycles. The number of carbonyl (C=O) groups is 5. The third kappa shape index (κ3) is 14.3. The van der Waals surface area contributed by atoms with Crippen molar-refractivity contribution >= 4 is 46.3 Å². The third-order valence-corrected chi connectivity index (χ3v) is 6.29. The lowest BCUT2D eigenvalue weighted by Gasteiger charge is -2.17. The van der Waals surface area contributed by atoms with Crippen molar-refractivity contribution in [2.45, 2.75) is 51.0 Å². The monoisotopic (exact) mass is 637 g/mol. The van der Waals surface area contributed by atoms with Crippen molar-refractivity contribution in [1.29, 1.82) is 0 Å². The van der Waals surface area contributed by atoms with E-state index in [1.165, 1.54) is 11.3 Å². The number of rotatable bonds is 13. The van der Waals surface area contributed by atoms with Crippen LogP contribution in [-0.2, 0) is 38.7 Å². The Morgan fingerprint density at radius 3 is 1.93 bits per heavy atom. The summed E-state index contributed by atoms with van der Waals surface area (Å²) < 4.78 is 31.7. The molecule has 16 heteroatoms. The van der Waals surface area contributed by atoms with Crippen molar-refractivity contribution in [3.8, 4) is 0 Å². The average Bonchev–Trinajstić information content (AvgIpc) is 3.42. The van der Waals surface area contributed by atoms with Crippen LogP contribution in [0.5, 0.6) is 0 Å². The molecular weight excluding hydrogens is 607 g/mol. The van der Waals surface area contributed by atoms with Crippen molar-refractivity contribution in [2.24, 2.45) is 0 Å². The quantitative estimate of drug-likeness (QED) is 0.164. The molecule has 1 heterocycles. The van der Waals surface area contributed by atoms with Gasteiger partial charge >= 0.3 is 24.1 Å². The SMILES string of the molecule is O=C(O)C(F)(F)F.O=C(O)C[C@H](NC(=O)CCCc1csc(NC(=O)NCc2ccccc2)n1)C(=O)NCc1ccccc1. The van der Waals surface area contributed by atoms with Gasteiger partial charge in [0.2, 0.25) is 11.8 Å². The molecule has 44 heavy (non-hydrogen) atoms. The fourth-order valence-corrected chi connectivity index (χ4v) is 4.13. The van der Waals surface area contributed by atoms with Crippen LogP contribution in [0.1, 0.15) is 36.1 Å². The number of carboxylic acids is 2. The fraction of sp³-hybridized carbons (Fsp3) is 0.286. The van der Waals surface area contributed by atoms with Crippen LogP contribution in [0.2, 0.25) is 0 Å². The Morgan fingerprint density at radius 1 is 0.864 bits per heavy atom. The predicted octanol–water partition coefficient (Wildman–Crippen LogP) is 3.70. The molecule has 4 amide bonds. The number of nitrogens with zero attached hydrogens (tertiary/aromatic N) is 1. The first-order valence-electron chi connectivity index (χ1n) is 13.0. The molecule has 0 fully saturated rings. The van der Waals surface area contributed by atoms with Crippen molar-refractivity contribution in [1.82, 2.24) is 20.9 Å². The van der Waals surface area contributed by atoms with Crippen molar-refractivity contribution in [3.05, 3.63) is 82.9 Å². The molecule has 1 aromatic heterocycles. The number of carboxylic acid groups (broad SMARTS) is 2. The third-order valence-electron chi connectivity index (χ3n) is 5.49. The highest BCUT2D eigenvalue weighted by Crippen LogP contribution is 2.17. The minimum atomic E-state index is -5.08. The van der Waals surface area contributed by atoms with E-state index in [-0.39, 0.29) is 19.0 Å². The number of aliphatic carboxylic acids is 2. The van der Waals surface area contributed by atoms with Crippen LogP contribution in [0.15, 0.2) is 66.0 Å². The van der Waals surface area contributed by atoms with E-state index in [1.807, 2.05) is 60.7 Å². The summed E-state index contributed by atoms with van der Waals surface area (Å²) in [5.41, 5.74) is 2.57. The molecule has 0 unspecified atom stereocenters. The van der Waals surface area contributed by atoms with Crippen LogP contribution in [0.25, 0.3) is 0 Å². The second-order valence-corrected chi connectivity index (χ2v) is 9.87. The van der Waals surface area contributed by atoms with E-state index in [0.29, 0.717) is 24.5 Å². The van der Waals surface area contributed by atoms with Crippen molar-refractivity contribution in [2.75, 3.05) is 5.32 Å². The van der Waals surface area contributed by atoms with Gasteiger partial charge in [0.25, 0.3) is 0 Å². The molecule has 3 aromatic rings. The number of aryl methyl sites for hydroxylation is 1. The zero-order chi connectivity index (χ0) is 32.5. The molecule has 0 bridgehead atoms. The van der Waals surface area contributed by atoms with E-state index in [9.17, 15) is 32.3 Å². The molecule has 6 N–H and O–H groups in total. The molecule has 1 atom stereocenters. The number of hydrogen-bond donors (Lipinski definition) is 6. The first-order chi connectivity index (χ1) is 20.8. The number of aromatic nitrogens is 1. The average molecular weight is 638 g/mol. The second kappa shape index (κ2) is 17.8. The number of hydrogen-bond acceptors (Lipinski definition) is 7. The number of alkyl halides is 3. The molecule has 2 aromatic carbocycles. The van der Waals surface area contributed by atoms with Gasteiger partial charge in [0.05, 0.1) is 12.1 Å². The second-order valence-electron chi connectivity index (χ2n) is 9.02. The van der Waals surface area contributed by atoms with E-state index < -0.39 is 42.4 Å². The van der Waals surface area contributed by atoms with Crippen LogP contribution in [0, 0.1) is 0 Å². The van der Waals surface area contributed by atoms with E-state index >= 15 is 0 Å². The lowest BCUT2D eigenvalue weighted by Crippen LogP contribution is -2.47. The number of halogens is 3. The number of urea groups is 1. The Balaban J connectivity index is 0.000000860. The Morgan fingerprint density at radius 2 is 1.41 bits per heavy atom. The number of amides is 4. The highest BCUT2D eigenvalue weighted by molar-refractivity contribution is 7.13. The molecule has 0 aliphatic rings. The minimum absolute atomic E-state index is 0.0972. The zero-order valence-corrected chi connectivity index (χ0v) is 23.9. The summed E-state index contributed by atoms with van der Waals surface area (Å²) in [6.45, 7) is 0.628.